The van der Waals surface area contributed by atoms with Crippen LogP contribution in [0.25, 0.3) is 0 Å². The van der Waals surface area contributed by atoms with Crippen LogP contribution in [-0.4, -0.2) is 36.7 Å². The topological polar surface area (TPSA) is 38.5 Å². The summed E-state index contributed by atoms with van der Waals surface area (Å²) in [5.41, 5.74) is 5.96. The molecule has 2 fully saturated rings. The zero-order valence-electron chi connectivity index (χ0n) is 10.7. The summed E-state index contributed by atoms with van der Waals surface area (Å²) in [7, 11) is 0. The van der Waals surface area contributed by atoms with Gasteiger partial charge in [-0.2, -0.15) is 0 Å². The molecule has 1 aromatic carbocycles. The van der Waals surface area contributed by atoms with E-state index in [0.29, 0.717) is 19.2 Å². The fraction of sp³-hybridized carbons (Fsp3) is 0.571. The molecule has 2 aliphatic heterocycles. The molecule has 0 saturated carbocycles. The predicted molar refractivity (Wildman–Crippen MR) is 67.6 cm³/mol. The summed E-state index contributed by atoms with van der Waals surface area (Å²) in [4.78, 5) is 2.31. The quantitative estimate of drug-likeness (QED) is 0.889. The monoisotopic (exact) mass is 268 g/mol. The molecule has 0 bridgehead atoms. The van der Waals surface area contributed by atoms with Gasteiger partial charge in [0.05, 0.1) is 18.8 Å². The lowest BCUT2D eigenvalue weighted by Gasteiger charge is -2.37. The lowest BCUT2D eigenvalue weighted by Crippen LogP contribution is -2.50. The number of halogens is 2. The molecule has 3 unspecified atom stereocenters. The van der Waals surface area contributed by atoms with E-state index in [0.717, 1.165) is 19.4 Å². The van der Waals surface area contributed by atoms with Gasteiger partial charge in [-0.05, 0) is 31.5 Å². The van der Waals surface area contributed by atoms with Crippen LogP contribution in [0.5, 0.6) is 0 Å². The molecular weight excluding hydrogens is 250 g/mol. The van der Waals surface area contributed by atoms with Crippen LogP contribution in [0.1, 0.15) is 24.4 Å². The van der Waals surface area contributed by atoms with Crippen molar-refractivity contribution in [1.29, 1.82) is 0 Å². The predicted octanol–water partition coefficient (Wildman–Crippen LogP) is 1.83. The second kappa shape index (κ2) is 5.15. The van der Waals surface area contributed by atoms with Gasteiger partial charge in [0, 0.05) is 18.2 Å². The van der Waals surface area contributed by atoms with Crippen molar-refractivity contribution in [2.75, 3.05) is 19.7 Å². The number of nitrogens with zero attached hydrogens (tertiary/aromatic N) is 1. The van der Waals surface area contributed by atoms with E-state index in [1.807, 2.05) is 0 Å². The molecule has 3 rings (SSSR count). The summed E-state index contributed by atoms with van der Waals surface area (Å²) in [5.74, 6) is -1.20. The molecule has 2 saturated heterocycles. The molecule has 2 N–H and O–H groups in total. The summed E-state index contributed by atoms with van der Waals surface area (Å²) in [6.45, 7) is 2.28. The van der Waals surface area contributed by atoms with Gasteiger partial charge in [-0.3, -0.25) is 4.90 Å². The van der Waals surface area contributed by atoms with Crippen LogP contribution in [0.4, 0.5) is 8.78 Å². The Morgan fingerprint density at radius 2 is 2.05 bits per heavy atom. The summed E-state index contributed by atoms with van der Waals surface area (Å²) in [6, 6.07) is 3.51. The first-order chi connectivity index (χ1) is 9.16. The van der Waals surface area contributed by atoms with Crippen LogP contribution in [0.3, 0.4) is 0 Å². The van der Waals surface area contributed by atoms with E-state index in [9.17, 15) is 8.78 Å². The normalized spacial score (nSPS) is 29.2. The maximum absolute atomic E-state index is 13.7. The molecule has 5 heteroatoms. The molecule has 19 heavy (non-hydrogen) atoms. The van der Waals surface area contributed by atoms with Crippen LogP contribution in [0.15, 0.2) is 18.2 Å². The Morgan fingerprint density at radius 3 is 2.79 bits per heavy atom. The van der Waals surface area contributed by atoms with E-state index in [4.69, 9.17) is 10.5 Å². The van der Waals surface area contributed by atoms with Crippen LogP contribution < -0.4 is 5.73 Å². The van der Waals surface area contributed by atoms with Crippen LogP contribution >= 0.6 is 0 Å². The highest BCUT2D eigenvalue weighted by atomic mass is 19.1. The second-order valence-corrected chi connectivity index (χ2v) is 5.32. The fourth-order valence-electron chi connectivity index (χ4n) is 3.08. The summed E-state index contributed by atoms with van der Waals surface area (Å²) in [5, 5.41) is 0. The Hall–Kier alpha value is -1.04. The van der Waals surface area contributed by atoms with Crippen molar-refractivity contribution in [3.8, 4) is 0 Å². The zero-order chi connectivity index (χ0) is 13.4. The third-order valence-electron chi connectivity index (χ3n) is 4.15. The molecule has 0 spiro atoms. The smallest absolute Gasteiger partial charge is 0.131 e. The van der Waals surface area contributed by atoms with E-state index in [1.165, 1.54) is 18.2 Å². The van der Waals surface area contributed by atoms with E-state index in [1.54, 1.807) is 0 Å². The first kappa shape index (κ1) is 13.0. The van der Waals surface area contributed by atoms with Crippen LogP contribution in [0, 0.1) is 11.6 Å². The average Bonchev–Trinajstić information content (AvgIpc) is 2.85. The number of rotatable bonds is 2. The van der Waals surface area contributed by atoms with Gasteiger partial charge in [-0.25, -0.2) is 8.78 Å². The third kappa shape index (κ3) is 2.38. The Morgan fingerprint density at radius 1 is 1.32 bits per heavy atom. The van der Waals surface area contributed by atoms with E-state index < -0.39 is 17.7 Å². The summed E-state index contributed by atoms with van der Waals surface area (Å²) in [6.07, 6.45) is 1.95. The summed E-state index contributed by atoms with van der Waals surface area (Å²) < 4.78 is 33.2. The van der Waals surface area contributed by atoms with Crippen molar-refractivity contribution in [2.24, 2.45) is 5.73 Å². The average molecular weight is 268 g/mol. The number of benzene rings is 1. The molecule has 1 aromatic rings. The molecule has 0 aliphatic carbocycles. The molecule has 3 nitrogen and oxygen atoms in total. The highest BCUT2D eigenvalue weighted by Gasteiger charge is 2.36. The first-order valence-corrected chi connectivity index (χ1v) is 6.72. The van der Waals surface area contributed by atoms with E-state index in [2.05, 4.69) is 4.90 Å². The zero-order valence-corrected chi connectivity index (χ0v) is 10.7. The highest BCUT2D eigenvalue weighted by Crippen LogP contribution is 2.29. The molecule has 0 amide bonds. The summed E-state index contributed by atoms with van der Waals surface area (Å²) >= 11 is 0. The minimum Gasteiger partial charge on any atom is -0.373 e. The minimum atomic E-state index is -0.761. The molecule has 2 heterocycles. The molecule has 0 aromatic heterocycles. The van der Waals surface area contributed by atoms with Gasteiger partial charge in [0.25, 0.3) is 0 Å². The van der Waals surface area contributed by atoms with Crippen molar-refractivity contribution in [3.05, 3.63) is 35.4 Å². The van der Waals surface area contributed by atoms with Gasteiger partial charge in [0.15, 0.2) is 0 Å². The molecule has 2 aliphatic rings. The standard InChI is InChI=1S/C14H18F2N2O/c15-10-4-1-5-11(16)13(10)14(17)12-7-18-6-2-3-9(18)8-19-12/h1,4-5,9,12,14H,2-3,6-8,17H2. The van der Waals surface area contributed by atoms with Crippen molar-refractivity contribution in [2.45, 2.75) is 31.0 Å². The second-order valence-electron chi connectivity index (χ2n) is 5.32. The van der Waals surface area contributed by atoms with Gasteiger partial charge < -0.3 is 10.5 Å². The lowest BCUT2D eigenvalue weighted by molar-refractivity contribution is -0.0605. The van der Waals surface area contributed by atoms with Crippen molar-refractivity contribution >= 4 is 0 Å². The Kier molecular flexibility index (Phi) is 3.52. The molecule has 3 atom stereocenters. The number of hydrogen-bond donors (Lipinski definition) is 1. The van der Waals surface area contributed by atoms with Gasteiger partial charge in [-0.15, -0.1) is 0 Å². The number of fused-ring (bicyclic) bond motifs is 1. The van der Waals surface area contributed by atoms with Gasteiger partial charge >= 0.3 is 0 Å². The maximum atomic E-state index is 13.7. The first-order valence-electron chi connectivity index (χ1n) is 6.72. The van der Waals surface area contributed by atoms with Gasteiger partial charge in [0.2, 0.25) is 0 Å². The maximum Gasteiger partial charge on any atom is 0.131 e. The highest BCUT2D eigenvalue weighted by molar-refractivity contribution is 5.24. The molecular formula is C14H18F2N2O. The van der Waals surface area contributed by atoms with Gasteiger partial charge in [0.1, 0.15) is 11.6 Å². The number of ether oxygens (including phenoxy) is 1. The third-order valence-corrected chi connectivity index (χ3v) is 4.15. The SMILES string of the molecule is NC(c1c(F)cccc1F)C1CN2CCCC2CO1. The number of hydrogen-bond acceptors (Lipinski definition) is 3. The van der Waals surface area contributed by atoms with Crippen molar-refractivity contribution in [3.63, 3.8) is 0 Å². The Bertz CT molecular complexity index is 449. The fourth-order valence-corrected chi connectivity index (χ4v) is 3.08. The number of nitrogens with two attached hydrogens (primary N) is 1. The van der Waals surface area contributed by atoms with Crippen LogP contribution in [0.2, 0.25) is 0 Å². The van der Waals surface area contributed by atoms with E-state index >= 15 is 0 Å². The number of morpholine rings is 1. The largest absolute Gasteiger partial charge is 0.373 e. The molecule has 0 radical (unpaired) electrons. The van der Waals surface area contributed by atoms with Crippen molar-refractivity contribution < 1.29 is 13.5 Å². The van der Waals surface area contributed by atoms with Gasteiger partial charge in [-0.1, -0.05) is 6.07 Å². The Balaban J connectivity index is 1.78. The lowest BCUT2D eigenvalue weighted by atomic mass is 9.99. The molecule has 104 valence electrons. The van der Waals surface area contributed by atoms with E-state index in [-0.39, 0.29) is 11.7 Å². The Labute approximate surface area is 111 Å². The minimum absolute atomic E-state index is 0.0647. The van der Waals surface area contributed by atoms with Crippen molar-refractivity contribution in [1.82, 2.24) is 4.90 Å². The van der Waals surface area contributed by atoms with Crippen LogP contribution in [-0.2, 0) is 4.74 Å².